The highest BCUT2D eigenvalue weighted by molar-refractivity contribution is 7.90. The number of rotatable bonds is 5. The summed E-state index contributed by atoms with van der Waals surface area (Å²) in [6, 6.07) is 7.66. The van der Waals surface area contributed by atoms with Gasteiger partial charge in [-0.15, -0.1) is 0 Å². The molecule has 1 unspecified atom stereocenters. The summed E-state index contributed by atoms with van der Waals surface area (Å²) in [5.74, 6) is 0.0799. The predicted molar refractivity (Wildman–Crippen MR) is 77.9 cm³/mol. The number of pyridine rings is 1. The van der Waals surface area contributed by atoms with Crippen LogP contribution in [-0.4, -0.2) is 32.0 Å². The van der Waals surface area contributed by atoms with Crippen molar-refractivity contribution in [2.75, 3.05) is 18.6 Å². The van der Waals surface area contributed by atoms with Crippen LogP contribution in [0.5, 0.6) is 0 Å². The fraction of sp³-hybridized carbons (Fsp3) is 0.357. The molecule has 1 heterocycles. The Bertz CT molecular complexity index is 663. The maximum absolute atomic E-state index is 11.6. The van der Waals surface area contributed by atoms with E-state index < -0.39 is 9.84 Å². The average Bonchev–Trinajstić information content (AvgIpc) is 2.36. The van der Waals surface area contributed by atoms with Gasteiger partial charge in [0.25, 0.3) is 0 Å². The number of fused-ring (bicyclic) bond motifs is 1. The van der Waals surface area contributed by atoms with E-state index in [9.17, 15) is 8.42 Å². The van der Waals surface area contributed by atoms with Crippen molar-refractivity contribution in [3.8, 4) is 0 Å². The van der Waals surface area contributed by atoms with E-state index in [2.05, 4.69) is 10.3 Å². The molecule has 0 radical (unpaired) electrons. The van der Waals surface area contributed by atoms with Crippen LogP contribution in [0.2, 0.25) is 0 Å². The van der Waals surface area contributed by atoms with E-state index in [-0.39, 0.29) is 11.8 Å². The second kappa shape index (κ2) is 5.67. The van der Waals surface area contributed by atoms with Gasteiger partial charge in [0.05, 0.1) is 5.75 Å². The maximum Gasteiger partial charge on any atom is 0.149 e. The van der Waals surface area contributed by atoms with Gasteiger partial charge in [0, 0.05) is 30.1 Å². The van der Waals surface area contributed by atoms with E-state index in [1.54, 1.807) is 12.4 Å². The van der Waals surface area contributed by atoms with Crippen molar-refractivity contribution in [1.29, 1.82) is 0 Å². The van der Waals surface area contributed by atoms with Crippen molar-refractivity contribution in [2.24, 2.45) is 0 Å². The fourth-order valence-corrected chi connectivity index (χ4v) is 3.13. The summed E-state index contributed by atoms with van der Waals surface area (Å²) in [5, 5.41) is 5.30. The Kier molecular flexibility index (Phi) is 4.17. The summed E-state index contributed by atoms with van der Waals surface area (Å²) in [7, 11) is -3.05. The van der Waals surface area contributed by atoms with Gasteiger partial charge < -0.3 is 5.32 Å². The molecule has 4 nitrogen and oxygen atoms in total. The van der Waals surface area contributed by atoms with E-state index in [4.69, 9.17) is 0 Å². The zero-order chi connectivity index (χ0) is 13.9. The Balaban J connectivity index is 2.49. The molecule has 102 valence electrons. The van der Waals surface area contributed by atoms with Crippen molar-refractivity contribution in [3.05, 3.63) is 42.2 Å². The number of nitrogens with one attached hydrogen (secondary N) is 1. The smallest absolute Gasteiger partial charge is 0.149 e. The molecule has 5 heteroatoms. The lowest BCUT2D eigenvalue weighted by atomic mass is 10.0. The van der Waals surface area contributed by atoms with Gasteiger partial charge in [-0.3, -0.25) is 4.98 Å². The standard InChI is InChI=1S/C14H18N2O2S/c1-3-16-14(10-19(2,17)18)13-9-15-8-11-6-4-5-7-12(11)13/h4-9,14,16H,3,10H2,1-2H3. The van der Waals surface area contributed by atoms with Crippen molar-refractivity contribution < 1.29 is 8.42 Å². The first-order valence-corrected chi connectivity index (χ1v) is 8.31. The number of benzene rings is 1. The number of hydrogen-bond donors (Lipinski definition) is 1. The van der Waals surface area contributed by atoms with E-state index >= 15 is 0 Å². The number of aromatic nitrogens is 1. The van der Waals surface area contributed by atoms with Gasteiger partial charge in [0.15, 0.2) is 0 Å². The summed E-state index contributed by atoms with van der Waals surface area (Å²) in [4.78, 5) is 4.21. The Morgan fingerprint density at radius 3 is 2.68 bits per heavy atom. The molecule has 0 fully saturated rings. The third-order valence-corrected chi connectivity index (χ3v) is 3.93. The molecule has 1 N–H and O–H groups in total. The Morgan fingerprint density at radius 2 is 2.00 bits per heavy atom. The van der Waals surface area contributed by atoms with Crippen LogP contribution in [0, 0.1) is 0 Å². The lowest BCUT2D eigenvalue weighted by Gasteiger charge is -2.18. The summed E-state index contributed by atoms with van der Waals surface area (Å²) >= 11 is 0. The zero-order valence-electron chi connectivity index (χ0n) is 11.1. The molecule has 0 saturated carbocycles. The first-order chi connectivity index (χ1) is 9.01. The van der Waals surface area contributed by atoms with Gasteiger partial charge in [-0.25, -0.2) is 8.42 Å². The normalized spacial score (nSPS) is 13.6. The summed E-state index contributed by atoms with van der Waals surface area (Å²) < 4.78 is 23.1. The minimum atomic E-state index is -3.05. The minimum Gasteiger partial charge on any atom is -0.309 e. The molecule has 1 atom stereocenters. The van der Waals surface area contributed by atoms with Crippen molar-refractivity contribution >= 4 is 20.6 Å². The molecule has 0 saturated heterocycles. The van der Waals surface area contributed by atoms with Crippen LogP contribution in [0.1, 0.15) is 18.5 Å². The Morgan fingerprint density at radius 1 is 1.26 bits per heavy atom. The highest BCUT2D eigenvalue weighted by Crippen LogP contribution is 2.24. The molecule has 0 aliphatic heterocycles. The second-order valence-electron chi connectivity index (χ2n) is 4.65. The molecule has 1 aromatic carbocycles. The molecule has 0 aliphatic carbocycles. The van der Waals surface area contributed by atoms with E-state index in [0.717, 1.165) is 16.3 Å². The number of sulfone groups is 1. The maximum atomic E-state index is 11.6. The van der Waals surface area contributed by atoms with Gasteiger partial charge >= 0.3 is 0 Å². The summed E-state index contributed by atoms with van der Waals surface area (Å²) in [6.07, 6.45) is 4.80. The van der Waals surface area contributed by atoms with Crippen LogP contribution >= 0.6 is 0 Å². The lowest BCUT2D eigenvalue weighted by molar-refractivity contribution is 0.564. The highest BCUT2D eigenvalue weighted by Gasteiger charge is 2.18. The number of hydrogen-bond acceptors (Lipinski definition) is 4. The lowest BCUT2D eigenvalue weighted by Crippen LogP contribution is -2.28. The van der Waals surface area contributed by atoms with E-state index in [1.165, 1.54) is 6.26 Å². The second-order valence-corrected chi connectivity index (χ2v) is 6.84. The van der Waals surface area contributed by atoms with Crippen LogP contribution in [0.3, 0.4) is 0 Å². The quantitative estimate of drug-likeness (QED) is 0.908. The first kappa shape index (κ1) is 14.0. The van der Waals surface area contributed by atoms with Gasteiger partial charge in [0.2, 0.25) is 0 Å². The predicted octanol–water partition coefficient (Wildman–Crippen LogP) is 1.93. The Hall–Kier alpha value is -1.46. The summed E-state index contributed by atoms with van der Waals surface area (Å²) in [5.41, 5.74) is 0.936. The monoisotopic (exact) mass is 278 g/mol. The van der Waals surface area contributed by atoms with Crippen LogP contribution < -0.4 is 5.32 Å². The van der Waals surface area contributed by atoms with E-state index in [1.807, 2.05) is 31.2 Å². The van der Waals surface area contributed by atoms with Gasteiger partial charge in [-0.2, -0.15) is 0 Å². The van der Waals surface area contributed by atoms with Gasteiger partial charge in [0.1, 0.15) is 9.84 Å². The molecule has 2 rings (SSSR count). The Labute approximate surface area is 113 Å². The molecule has 0 amide bonds. The van der Waals surface area contributed by atoms with Gasteiger partial charge in [-0.1, -0.05) is 31.2 Å². The SMILES string of the molecule is CCNC(CS(C)(=O)=O)c1cncc2ccccc12. The van der Waals surface area contributed by atoms with E-state index in [0.29, 0.717) is 6.54 Å². The molecule has 19 heavy (non-hydrogen) atoms. The third-order valence-electron chi connectivity index (χ3n) is 2.99. The van der Waals surface area contributed by atoms with Gasteiger partial charge in [-0.05, 0) is 17.5 Å². The first-order valence-electron chi connectivity index (χ1n) is 6.25. The van der Waals surface area contributed by atoms with Crippen LogP contribution in [0.4, 0.5) is 0 Å². The molecule has 0 bridgehead atoms. The zero-order valence-corrected chi connectivity index (χ0v) is 11.9. The van der Waals surface area contributed by atoms with Crippen molar-refractivity contribution in [1.82, 2.24) is 10.3 Å². The largest absolute Gasteiger partial charge is 0.309 e. The van der Waals surface area contributed by atoms with Crippen molar-refractivity contribution in [2.45, 2.75) is 13.0 Å². The molecule has 1 aromatic heterocycles. The van der Waals surface area contributed by atoms with Crippen LogP contribution in [-0.2, 0) is 9.84 Å². The van der Waals surface area contributed by atoms with Crippen LogP contribution in [0.25, 0.3) is 10.8 Å². The molecular weight excluding hydrogens is 260 g/mol. The van der Waals surface area contributed by atoms with Crippen LogP contribution in [0.15, 0.2) is 36.7 Å². The van der Waals surface area contributed by atoms with Crippen molar-refractivity contribution in [3.63, 3.8) is 0 Å². The third kappa shape index (κ3) is 3.52. The minimum absolute atomic E-state index is 0.0799. The molecule has 2 aromatic rings. The topological polar surface area (TPSA) is 59.1 Å². The highest BCUT2D eigenvalue weighted by atomic mass is 32.2. The number of nitrogens with zero attached hydrogens (tertiary/aromatic N) is 1. The molecule has 0 spiro atoms. The fourth-order valence-electron chi connectivity index (χ4n) is 2.23. The summed E-state index contributed by atoms with van der Waals surface area (Å²) in [6.45, 7) is 2.68. The average molecular weight is 278 g/mol. The molecular formula is C14H18N2O2S. The molecule has 0 aliphatic rings.